The van der Waals surface area contributed by atoms with E-state index in [-0.39, 0.29) is 6.04 Å². The van der Waals surface area contributed by atoms with Gasteiger partial charge in [-0.15, -0.1) is 0 Å². The van der Waals surface area contributed by atoms with Gasteiger partial charge < -0.3 is 15.2 Å². The van der Waals surface area contributed by atoms with Crippen molar-refractivity contribution in [2.24, 2.45) is 5.73 Å². The zero-order chi connectivity index (χ0) is 17.1. The monoisotopic (exact) mass is 326 g/mol. The van der Waals surface area contributed by atoms with E-state index in [0.29, 0.717) is 6.54 Å². The van der Waals surface area contributed by atoms with E-state index < -0.39 is 0 Å². The summed E-state index contributed by atoms with van der Waals surface area (Å²) in [5.41, 5.74) is 11.3. The highest BCUT2D eigenvalue weighted by Crippen LogP contribution is 2.38. The third-order valence-corrected chi connectivity index (χ3v) is 4.80. The minimum absolute atomic E-state index is 0.203. The molecule has 0 saturated heterocycles. The number of nitrogens with two attached hydrogens (primary N) is 1. The van der Waals surface area contributed by atoms with Crippen LogP contribution in [0.25, 0.3) is 0 Å². The summed E-state index contributed by atoms with van der Waals surface area (Å²) < 4.78 is 10.9. The maximum atomic E-state index is 6.14. The molecule has 0 aromatic heterocycles. The first kappa shape index (κ1) is 16.8. The standard InChI is InChI=1S/C20H26N2O2/c1-14-5-4-6-15(9-14)13-22-8-7-16-10-19(23-2)20(24-3)11-17(16)18(22)12-21/h4-6,9-11,18H,7-8,12-13,21H2,1-3H3/t18-/m1/s1. The van der Waals surface area contributed by atoms with E-state index in [1.165, 1.54) is 22.3 Å². The number of fused-ring (bicyclic) bond motifs is 1. The predicted molar refractivity (Wildman–Crippen MR) is 96.6 cm³/mol. The van der Waals surface area contributed by atoms with E-state index in [4.69, 9.17) is 15.2 Å². The summed E-state index contributed by atoms with van der Waals surface area (Å²) in [6.45, 7) is 4.64. The van der Waals surface area contributed by atoms with Crippen LogP contribution in [0.1, 0.15) is 28.3 Å². The Balaban J connectivity index is 1.91. The third kappa shape index (κ3) is 3.25. The molecule has 3 rings (SSSR count). The summed E-state index contributed by atoms with van der Waals surface area (Å²) in [6.07, 6.45) is 0.998. The van der Waals surface area contributed by atoms with Crippen LogP contribution >= 0.6 is 0 Å². The van der Waals surface area contributed by atoms with E-state index in [9.17, 15) is 0 Å². The van der Waals surface area contributed by atoms with Gasteiger partial charge in [-0.2, -0.15) is 0 Å². The summed E-state index contributed by atoms with van der Waals surface area (Å²) in [6, 6.07) is 13.1. The summed E-state index contributed by atoms with van der Waals surface area (Å²) in [5, 5.41) is 0. The topological polar surface area (TPSA) is 47.7 Å². The van der Waals surface area contributed by atoms with E-state index in [2.05, 4.69) is 48.2 Å². The van der Waals surface area contributed by atoms with Gasteiger partial charge in [-0.25, -0.2) is 0 Å². The van der Waals surface area contributed by atoms with Gasteiger partial charge in [-0.05, 0) is 42.2 Å². The normalized spacial score (nSPS) is 17.4. The number of hydrogen-bond acceptors (Lipinski definition) is 4. The van der Waals surface area contributed by atoms with Gasteiger partial charge in [0.1, 0.15) is 0 Å². The lowest BCUT2D eigenvalue weighted by Crippen LogP contribution is -2.38. The fraction of sp³-hybridized carbons (Fsp3) is 0.400. The molecule has 0 spiro atoms. The molecule has 0 aliphatic carbocycles. The molecule has 2 aromatic carbocycles. The molecule has 1 heterocycles. The highest BCUT2D eigenvalue weighted by atomic mass is 16.5. The average Bonchev–Trinajstić information content (AvgIpc) is 2.60. The van der Waals surface area contributed by atoms with Crippen LogP contribution in [0.4, 0.5) is 0 Å². The van der Waals surface area contributed by atoms with Crippen LogP contribution in [-0.2, 0) is 13.0 Å². The molecular weight excluding hydrogens is 300 g/mol. The Morgan fingerprint density at radius 1 is 1.12 bits per heavy atom. The molecule has 4 nitrogen and oxygen atoms in total. The Bertz CT molecular complexity index is 715. The molecule has 2 N–H and O–H groups in total. The minimum atomic E-state index is 0.203. The summed E-state index contributed by atoms with van der Waals surface area (Å²) in [5.74, 6) is 1.56. The van der Waals surface area contributed by atoms with Gasteiger partial charge in [0.15, 0.2) is 11.5 Å². The van der Waals surface area contributed by atoms with Crippen LogP contribution in [0.15, 0.2) is 36.4 Å². The van der Waals surface area contributed by atoms with E-state index in [0.717, 1.165) is 31.0 Å². The summed E-state index contributed by atoms with van der Waals surface area (Å²) in [7, 11) is 3.35. The maximum absolute atomic E-state index is 6.14. The second-order valence-electron chi connectivity index (χ2n) is 6.37. The average molecular weight is 326 g/mol. The molecule has 0 radical (unpaired) electrons. The van der Waals surface area contributed by atoms with Crippen molar-refractivity contribution >= 4 is 0 Å². The number of ether oxygens (including phenoxy) is 2. The van der Waals surface area contributed by atoms with Crippen molar-refractivity contribution in [3.63, 3.8) is 0 Å². The summed E-state index contributed by atoms with van der Waals surface area (Å²) >= 11 is 0. The van der Waals surface area contributed by atoms with Crippen molar-refractivity contribution in [1.29, 1.82) is 0 Å². The van der Waals surface area contributed by atoms with Crippen LogP contribution in [0.2, 0.25) is 0 Å². The Morgan fingerprint density at radius 2 is 1.88 bits per heavy atom. The van der Waals surface area contributed by atoms with E-state index in [1.54, 1.807) is 14.2 Å². The summed E-state index contributed by atoms with van der Waals surface area (Å²) in [4.78, 5) is 2.46. The SMILES string of the molecule is COc1cc2c(cc1OC)[C@@H](CN)N(Cc1cccc(C)c1)CC2. The van der Waals surface area contributed by atoms with Crippen LogP contribution in [-0.4, -0.2) is 32.2 Å². The molecule has 0 fully saturated rings. The highest BCUT2D eigenvalue weighted by Gasteiger charge is 2.28. The van der Waals surface area contributed by atoms with Gasteiger partial charge in [0.25, 0.3) is 0 Å². The van der Waals surface area contributed by atoms with Crippen molar-refractivity contribution in [3.05, 3.63) is 58.7 Å². The van der Waals surface area contributed by atoms with Crippen LogP contribution < -0.4 is 15.2 Å². The zero-order valence-electron chi connectivity index (χ0n) is 14.7. The molecule has 1 aliphatic rings. The van der Waals surface area contributed by atoms with Crippen LogP contribution in [0, 0.1) is 6.92 Å². The molecule has 0 unspecified atom stereocenters. The first-order valence-electron chi connectivity index (χ1n) is 8.40. The molecule has 24 heavy (non-hydrogen) atoms. The van der Waals surface area contributed by atoms with Crippen molar-refractivity contribution in [2.75, 3.05) is 27.3 Å². The Hall–Kier alpha value is -2.04. The fourth-order valence-electron chi connectivity index (χ4n) is 3.59. The lowest BCUT2D eigenvalue weighted by atomic mass is 9.91. The first-order valence-corrected chi connectivity index (χ1v) is 8.40. The minimum Gasteiger partial charge on any atom is -0.493 e. The van der Waals surface area contributed by atoms with E-state index in [1.807, 2.05) is 0 Å². The first-order chi connectivity index (χ1) is 11.7. The Labute approximate surface area is 144 Å². The third-order valence-electron chi connectivity index (χ3n) is 4.80. The van der Waals surface area contributed by atoms with Gasteiger partial charge in [0.05, 0.1) is 14.2 Å². The van der Waals surface area contributed by atoms with Crippen molar-refractivity contribution in [2.45, 2.75) is 25.9 Å². The predicted octanol–water partition coefficient (Wildman–Crippen LogP) is 3.07. The van der Waals surface area contributed by atoms with Crippen molar-refractivity contribution in [3.8, 4) is 11.5 Å². The smallest absolute Gasteiger partial charge is 0.161 e. The zero-order valence-corrected chi connectivity index (χ0v) is 14.7. The number of benzene rings is 2. The van der Waals surface area contributed by atoms with Gasteiger partial charge >= 0.3 is 0 Å². The van der Waals surface area contributed by atoms with Crippen molar-refractivity contribution in [1.82, 2.24) is 4.90 Å². The number of methoxy groups -OCH3 is 2. The number of hydrogen-bond donors (Lipinski definition) is 1. The Morgan fingerprint density at radius 3 is 2.54 bits per heavy atom. The van der Waals surface area contributed by atoms with E-state index >= 15 is 0 Å². The number of nitrogens with zero attached hydrogens (tertiary/aromatic N) is 1. The van der Waals surface area contributed by atoms with Gasteiger partial charge in [-0.1, -0.05) is 29.8 Å². The van der Waals surface area contributed by atoms with Crippen LogP contribution in [0.3, 0.4) is 0 Å². The molecule has 0 amide bonds. The second-order valence-corrected chi connectivity index (χ2v) is 6.37. The van der Waals surface area contributed by atoms with Crippen molar-refractivity contribution < 1.29 is 9.47 Å². The number of rotatable bonds is 5. The lowest BCUT2D eigenvalue weighted by molar-refractivity contribution is 0.180. The van der Waals surface area contributed by atoms with Crippen LogP contribution in [0.5, 0.6) is 11.5 Å². The molecule has 1 aliphatic heterocycles. The lowest BCUT2D eigenvalue weighted by Gasteiger charge is -2.37. The van der Waals surface area contributed by atoms with Gasteiger partial charge in [-0.3, -0.25) is 4.90 Å². The second kappa shape index (κ2) is 7.24. The van der Waals surface area contributed by atoms with Gasteiger partial charge in [0, 0.05) is 25.7 Å². The largest absolute Gasteiger partial charge is 0.493 e. The maximum Gasteiger partial charge on any atom is 0.161 e. The molecular formula is C20H26N2O2. The fourth-order valence-corrected chi connectivity index (χ4v) is 3.59. The highest BCUT2D eigenvalue weighted by molar-refractivity contribution is 5.49. The Kier molecular flexibility index (Phi) is 5.07. The number of aryl methyl sites for hydroxylation is 1. The molecule has 4 heteroatoms. The molecule has 2 aromatic rings. The molecule has 128 valence electrons. The molecule has 1 atom stereocenters. The molecule has 0 saturated carbocycles. The molecule has 0 bridgehead atoms. The van der Waals surface area contributed by atoms with Gasteiger partial charge in [0.2, 0.25) is 0 Å². The quantitative estimate of drug-likeness (QED) is 0.917.